The molecule has 144 valence electrons. The van der Waals surface area contributed by atoms with Crippen molar-refractivity contribution < 1.29 is 13.2 Å². The molecule has 3 rings (SSSR count). The van der Waals surface area contributed by atoms with Crippen molar-refractivity contribution >= 4 is 15.7 Å². The van der Waals surface area contributed by atoms with Gasteiger partial charge in [-0.3, -0.25) is 9.69 Å². The van der Waals surface area contributed by atoms with Crippen LogP contribution in [0.25, 0.3) is 0 Å². The highest BCUT2D eigenvalue weighted by atomic mass is 32.2. The van der Waals surface area contributed by atoms with Crippen LogP contribution in [0, 0.1) is 0 Å². The molecule has 0 atom stereocenters. The Morgan fingerprint density at radius 1 is 0.963 bits per heavy atom. The Morgan fingerprint density at radius 3 is 2.26 bits per heavy atom. The van der Waals surface area contributed by atoms with Crippen molar-refractivity contribution in [1.29, 1.82) is 0 Å². The summed E-state index contributed by atoms with van der Waals surface area (Å²) in [5.41, 5.74) is 2.44. The molecule has 1 fully saturated rings. The third kappa shape index (κ3) is 5.40. The van der Waals surface area contributed by atoms with Gasteiger partial charge in [-0.25, -0.2) is 8.42 Å². The average molecular weight is 387 g/mol. The molecular weight excluding hydrogens is 360 g/mol. The summed E-state index contributed by atoms with van der Waals surface area (Å²) in [4.78, 5) is 15.0. The van der Waals surface area contributed by atoms with Crippen molar-refractivity contribution in [3.63, 3.8) is 0 Å². The molecule has 2 aromatic carbocycles. The van der Waals surface area contributed by atoms with Gasteiger partial charge in [0.2, 0.25) is 0 Å². The van der Waals surface area contributed by atoms with Crippen molar-refractivity contribution in [2.75, 3.05) is 19.3 Å². The molecule has 0 spiro atoms. The van der Waals surface area contributed by atoms with Crippen LogP contribution in [-0.4, -0.2) is 38.6 Å². The molecule has 5 nitrogen and oxygen atoms in total. The molecular formula is C21H26N2O3S. The number of nitrogens with one attached hydrogen (secondary N) is 1. The fourth-order valence-corrected chi connectivity index (χ4v) is 4.28. The van der Waals surface area contributed by atoms with Crippen LogP contribution in [0.15, 0.2) is 53.4 Å². The second kappa shape index (κ2) is 8.67. The Labute approximate surface area is 161 Å². The standard InChI is InChI=1S/C21H26N2O3S/c1-27(25,26)20-8-4-3-7-19(20)21(24)22-15-17-9-11-18(12-10-17)16-23-13-5-2-6-14-23/h3-4,7-12H,2,5-6,13-16H2,1H3,(H,22,24). The number of nitrogens with zero attached hydrogens (tertiary/aromatic N) is 1. The van der Waals surface area contributed by atoms with E-state index < -0.39 is 9.84 Å². The summed E-state index contributed by atoms with van der Waals surface area (Å²) >= 11 is 0. The number of piperidine rings is 1. The molecule has 1 amide bonds. The van der Waals surface area contributed by atoms with Gasteiger partial charge in [0.15, 0.2) is 9.84 Å². The predicted octanol–water partition coefficient (Wildman–Crippen LogP) is 3.01. The number of hydrogen-bond acceptors (Lipinski definition) is 4. The van der Waals surface area contributed by atoms with Crippen molar-refractivity contribution in [1.82, 2.24) is 10.2 Å². The van der Waals surface area contributed by atoms with Gasteiger partial charge in [0.25, 0.3) is 5.91 Å². The molecule has 1 N–H and O–H groups in total. The van der Waals surface area contributed by atoms with Gasteiger partial charge in [0, 0.05) is 19.3 Å². The first-order chi connectivity index (χ1) is 12.9. The summed E-state index contributed by atoms with van der Waals surface area (Å²) < 4.78 is 23.7. The van der Waals surface area contributed by atoms with E-state index in [0.717, 1.165) is 31.5 Å². The normalized spacial score (nSPS) is 15.4. The Kier molecular flexibility index (Phi) is 6.29. The third-order valence-corrected chi connectivity index (χ3v) is 6.02. The zero-order valence-corrected chi connectivity index (χ0v) is 16.5. The van der Waals surface area contributed by atoms with Crippen molar-refractivity contribution in [3.05, 3.63) is 65.2 Å². The van der Waals surface area contributed by atoms with E-state index in [9.17, 15) is 13.2 Å². The maximum atomic E-state index is 12.4. The minimum atomic E-state index is -3.45. The van der Waals surface area contributed by atoms with Gasteiger partial charge in [-0.15, -0.1) is 0 Å². The number of hydrogen-bond donors (Lipinski definition) is 1. The first-order valence-corrected chi connectivity index (χ1v) is 11.2. The van der Waals surface area contributed by atoms with E-state index in [4.69, 9.17) is 0 Å². The molecule has 1 heterocycles. The van der Waals surface area contributed by atoms with Crippen LogP contribution in [-0.2, 0) is 22.9 Å². The van der Waals surface area contributed by atoms with Crippen molar-refractivity contribution in [2.45, 2.75) is 37.2 Å². The number of rotatable bonds is 6. The number of likely N-dealkylation sites (tertiary alicyclic amines) is 1. The first-order valence-electron chi connectivity index (χ1n) is 9.31. The lowest BCUT2D eigenvalue weighted by molar-refractivity contribution is 0.0947. The molecule has 2 aromatic rings. The largest absolute Gasteiger partial charge is 0.348 e. The topological polar surface area (TPSA) is 66.5 Å². The molecule has 0 radical (unpaired) electrons. The van der Waals surface area contributed by atoms with Crippen LogP contribution < -0.4 is 5.32 Å². The zero-order chi connectivity index (χ0) is 19.3. The number of benzene rings is 2. The summed E-state index contributed by atoms with van der Waals surface area (Å²) in [6.07, 6.45) is 5.00. The molecule has 0 bridgehead atoms. The fraction of sp³-hybridized carbons (Fsp3) is 0.381. The minimum Gasteiger partial charge on any atom is -0.348 e. The van der Waals surface area contributed by atoms with Gasteiger partial charge >= 0.3 is 0 Å². The highest BCUT2D eigenvalue weighted by Gasteiger charge is 2.17. The van der Waals surface area contributed by atoms with Crippen LogP contribution in [0.2, 0.25) is 0 Å². The van der Waals surface area contributed by atoms with Crippen LogP contribution in [0.4, 0.5) is 0 Å². The monoisotopic (exact) mass is 386 g/mol. The van der Waals surface area contributed by atoms with Gasteiger partial charge in [0.05, 0.1) is 10.5 Å². The van der Waals surface area contributed by atoms with Gasteiger partial charge < -0.3 is 5.32 Å². The van der Waals surface area contributed by atoms with Gasteiger partial charge in [-0.1, -0.05) is 42.8 Å². The smallest absolute Gasteiger partial charge is 0.252 e. The quantitative estimate of drug-likeness (QED) is 0.829. The Hall–Kier alpha value is -2.18. The van der Waals surface area contributed by atoms with E-state index >= 15 is 0 Å². The molecule has 0 aromatic heterocycles. The molecule has 0 aliphatic carbocycles. The lowest BCUT2D eigenvalue weighted by Gasteiger charge is -2.26. The van der Waals surface area contributed by atoms with Crippen LogP contribution in [0.1, 0.15) is 40.7 Å². The van der Waals surface area contributed by atoms with E-state index in [2.05, 4.69) is 22.3 Å². The second-order valence-corrected chi connectivity index (χ2v) is 9.09. The lowest BCUT2D eigenvalue weighted by atomic mass is 10.1. The summed E-state index contributed by atoms with van der Waals surface area (Å²) in [6, 6.07) is 14.5. The van der Waals surface area contributed by atoms with Gasteiger partial charge in [-0.05, 0) is 49.2 Å². The summed E-state index contributed by atoms with van der Waals surface area (Å²) in [5, 5.41) is 2.81. The summed E-state index contributed by atoms with van der Waals surface area (Å²) in [7, 11) is -3.45. The predicted molar refractivity (Wildman–Crippen MR) is 106 cm³/mol. The van der Waals surface area contributed by atoms with Crippen LogP contribution in [0.3, 0.4) is 0 Å². The minimum absolute atomic E-state index is 0.0550. The molecule has 27 heavy (non-hydrogen) atoms. The second-order valence-electron chi connectivity index (χ2n) is 7.10. The average Bonchev–Trinajstić information content (AvgIpc) is 2.67. The molecule has 1 aliphatic rings. The summed E-state index contributed by atoms with van der Waals surface area (Å²) in [5.74, 6) is -0.381. The van der Waals surface area contributed by atoms with Crippen molar-refractivity contribution in [3.8, 4) is 0 Å². The fourth-order valence-electron chi connectivity index (χ4n) is 3.39. The Balaban J connectivity index is 1.59. The highest BCUT2D eigenvalue weighted by molar-refractivity contribution is 7.90. The third-order valence-electron chi connectivity index (χ3n) is 4.86. The van der Waals surface area contributed by atoms with Crippen LogP contribution in [0.5, 0.6) is 0 Å². The SMILES string of the molecule is CS(=O)(=O)c1ccccc1C(=O)NCc1ccc(CN2CCCCC2)cc1. The number of sulfone groups is 1. The van der Waals surface area contributed by atoms with E-state index in [1.165, 1.54) is 37.0 Å². The maximum absolute atomic E-state index is 12.4. The Bertz CT molecular complexity index is 886. The molecule has 1 aliphatic heterocycles. The number of amides is 1. The number of carbonyl (C=O) groups is 1. The van der Waals surface area contributed by atoms with E-state index in [1.54, 1.807) is 12.1 Å². The maximum Gasteiger partial charge on any atom is 0.252 e. The highest BCUT2D eigenvalue weighted by Crippen LogP contribution is 2.16. The van der Waals surface area contributed by atoms with Crippen LogP contribution >= 0.6 is 0 Å². The first kappa shape index (κ1) is 19.6. The van der Waals surface area contributed by atoms with Crippen molar-refractivity contribution in [2.24, 2.45) is 0 Å². The molecule has 0 saturated carbocycles. The number of carbonyl (C=O) groups excluding carboxylic acids is 1. The summed E-state index contributed by atoms with van der Waals surface area (Å²) in [6.45, 7) is 3.66. The zero-order valence-electron chi connectivity index (χ0n) is 15.6. The van der Waals surface area contributed by atoms with E-state index in [1.807, 2.05) is 12.1 Å². The van der Waals surface area contributed by atoms with Gasteiger partial charge in [0.1, 0.15) is 0 Å². The molecule has 1 saturated heterocycles. The molecule has 0 unspecified atom stereocenters. The van der Waals surface area contributed by atoms with E-state index in [-0.39, 0.29) is 16.4 Å². The van der Waals surface area contributed by atoms with E-state index in [0.29, 0.717) is 6.54 Å². The van der Waals surface area contributed by atoms with Gasteiger partial charge in [-0.2, -0.15) is 0 Å². The Morgan fingerprint density at radius 2 is 1.59 bits per heavy atom. The molecule has 6 heteroatoms. The lowest BCUT2D eigenvalue weighted by Crippen LogP contribution is -2.29.